The van der Waals surface area contributed by atoms with Crippen LogP contribution in [-0.4, -0.2) is 4.98 Å². The predicted octanol–water partition coefficient (Wildman–Crippen LogP) is 7.30. The van der Waals surface area contributed by atoms with E-state index in [0.717, 1.165) is 16.1 Å². The zero-order valence-electron chi connectivity index (χ0n) is 14.7. The third-order valence-corrected chi connectivity index (χ3v) is 5.87. The van der Waals surface area contributed by atoms with E-state index in [1.54, 1.807) is 11.3 Å². The molecular weight excluding hydrogens is 346 g/mol. The first-order valence-corrected chi connectivity index (χ1v) is 9.81. The summed E-state index contributed by atoms with van der Waals surface area (Å²) in [6.45, 7) is 0. The second-order valence-corrected chi connectivity index (χ2v) is 7.45. The Kier molecular flexibility index (Phi) is 4.04. The molecule has 0 radical (unpaired) electrons. The molecule has 0 fully saturated rings. The number of aromatic nitrogens is 1. The monoisotopic (exact) mass is 363 g/mol. The molecule has 5 aromatic rings. The zero-order chi connectivity index (χ0) is 18.1. The molecule has 0 N–H and O–H groups in total. The van der Waals surface area contributed by atoms with Crippen LogP contribution in [0.5, 0.6) is 0 Å². The van der Waals surface area contributed by atoms with E-state index in [-0.39, 0.29) is 0 Å². The van der Waals surface area contributed by atoms with Crippen LogP contribution >= 0.6 is 11.3 Å². The van der Waals surface area contributed by atoms with Gasteiger partial charge in [0.1, 0.15) is 4.83 Å². The molecule has 3 aromatic carbocycles. The molecule has 2 heteroatoms. The fourth-order valence-electron chi connectivity index (χ4n) is 3.43. The molecule has 2 aromatic heterocycles. The van der Waals surface area contributed by atoms with Crippen LogP contribution in [-0.2, 0) is 0 Å². The minimum atomic E-state index is 1.02. The minimum absolute atomic E-state index is 1.02. The fourth-order valence-corrected chi connectivity index (χ4v) is 4.63. The molecule has 0 unspecified atom stereocenters. The van der Waals surface area contributed by atoms with Gasteiger partial charge in [0.25, 0.3) is 0 Å². The van der Waals surface area contributed by atoms with E-state index in [0.29, 0.717) is 0 Å². The number of hydrogen-bond acceptors (Lipinski definition) is 2. The Morgan fingerprint density at radius 1 is 0.519 bits per heavy atom. The summed E-state index contributed by atoms with van der Waals surface area (Å²) in [5, 5.41) is 1.21. The number of benzene rings is 3. The molecule has 0 atom stereocenters. The topological polar surface area (TPSA) is 12.9 Å². The second-order valence-electron chi connectivity index (χ2n) is 6.45. The van der Waals surface area contributed by atoms with Crippen LogP contribution in [0.4, 0.5) is 0 Å². The molecule has 0 amide bonds. The Balaban J connectivity index is 1.77. The van der Waals surface area contributed by atoms with Crippen molar-refractivity contribution < 1.29 is 0 Å². The molecule has 27 heavy (non-hydrogen) atoms. The maximum Gasteiger partial charge on any atom is 0.125 e. The molecule has 0 saturated carbocycles. The van der Waals surface area contributed by atoms with Crippen molar-refractivity contribution >= 4 is 21.6 Å². The third kappa shape index (κ3) is 2.94. The molecule has 1 nitrogen and oxygen atoms in total. The van der Waals surface area contributed by atoms with E-state index in [2.05, 4.69) is 97.1 Å². The van der Waals surface area contributed by atoms with Gasteiger partial charge in [-0.3, -0.25) is 0 Å². The molecule has 0 aliphatic heterocycles. The summed E-state index contributed by atoms with van der Waals surface area (Å²) in [6.07, 6.45) is 0. The number of pyridine rings is 1. The highest BCUT2D eigenvalue weighted by Gasteiger charge is 2.17. The highest BCUT2D eigenvalue weighted by molar-refractivity contribution is 7.22. The van der Waals surface area contributed by atoms with Crippen LogP contribution in [0.2, 0.25) is 0 Å². The SMILES string of the molecule is c1ccc(-c2ccc3c(-c4ccccc4)c(-c4ccccc4)sc3n2)cc1. The molecule has 0 aliphatic rings. The van der Waals surface area contributed by atoms with Crippen LogP contribution in [0.3, 0.4) is 0 Å². The quantitative estimate of drug-likeness (QED) is 0.328. The first-order chi connectivity index (χ1) is 13.4. The zero-order valence-corrected chi connectivity index (χ0v) is 15.5. The Morgan fingerprint density at radius 3 is 1.70 bits per heavy atom. The number of thiophene rings is 1. The largest absolute Gasteiger partial charge is 0.237 e. The van der Waals surface area contributed by atoms with Gasteiger partial charge in [0.15, 0.2) is 0 Å². The number of nitrogens with zero attached hydrogens (tertiary/aromatic N) is 1. The fraction of sp³-hybridized carbons (Fsp3) is 0. The van der Waals surface area contributed by atoms with Crippen molar-refractivity contribution in [3.63, 3.8) is 0 Å². The highest BCUT2D eigenvalue weighted by atomic mass is 32.1. The number of fused-ring (bicyclic) bond motifs is 1. The molecule has 0 aliphatic carbocycles. The summed E-state index contributed by atoms with van der Waals surface area (Å²) in [7, 11) is 0. The minimum Gasteiger partial charge on any atom is -0.237 e. The maximum absolute atomic E-state index is 5.00. The highest BCUT2D eigenvalue weighted by Crippen LogP contribution is 2.44. The summed E-state index contributed by atoms with van der Waals surface area (Å²) in [6, 6.07) is 35.9. The van der Waals surface area contributed by atoms with Crippen molar-refractivity contribution in [2.24, 2.45) is 0 Å². The van der Waals surface area contributed by atoms with Crippen molar-refractivity contribution in [1.29, 1.82) is 0 Å². The van der Waals surface area contributed by atoms with Crippen LogP contribution in [0, 0.1) is 0 Å². The summed E-state index contributed by atoms with van der Waals surface area (Å²) < 4.78 is 0. The van der Waals surface area contributed by atoms with Gasteiger partial charge in [0, 0.05) is 21.4 Å². The number of rotatable bonds is 3. The standard InChI is InChI=1S/C25H17NS/c1-4-10-18(11-5-1)22-17-16-21-23(19-12-6-2-7-13-19)24(27-25(21)26-22)20-14-8-3-9-15-20/h1-17H. The maximum atomic E-state index is 5.00. The molecule has 128 valence electrons. The molecular formula is C25H17NS. The molecule has 0 saturated heterocycles. The normalized spacial score (nSPS) is 11.0. The van der Waals surface area contributed by atoms with Gasteiger partial charge in [-0.2, -0.15) is 0 Å². The van der Waals surface area contributed by atoms with Crippen molar-refractivity contribution in [3.8, 4) is 32.8 Å². The molecule has 0 bridgehead atoms. The Morgan fingerprint density at radius 2 is 1.07 bits per heavy atom. The smallest absolute Gasteiger partial charge is 0.125 e. The summed E-state index contributed by atoms with van der Waals surface area (Å²) >= 11 is 1.77. The molecule has 0 spiro atoms. The summed E-state index contributed by atoms with van der Waals surface area (Å²) in [4.78, 5) is 7.35. The lowest BCUT2D eigenvalue weighted by Crippen LogP contribution is -1.83. The van der Waals surface area contributed by atoms with Gasteiger partial charge in [-0.05, 0) is 23.3 Å². The van der Waals surface area contributed by atoms with Gasteiger partial charge in [-0.25, -0.2) is 4.98 Å². The van der Waals surface area contributed by atoms with E-state index >= 15 is 0 Å². The van der Waals surface area contributed by atoms with Gasteiger partial charge in [-0.15, -0.1) is 11.3 Å². The first kappa shape index (κ1) is 16.0. The Hall–Kier alpha value is -3.23. The lowest BCUT2D eigenvalue weighted by molar-refractivity contribution is 1.42. The van der Waals surface area contributed by atoms with Crippen LogP contribution in [0.15, 0.2) is 103 Å². The van der Waals surface area contributed by atoms with Gasteiger partial charge in [0.2, 0.25) is 0 Å². The van der Waals surface area contributed by atoms with Crippen LogP contribution < -0.4 is 0 Å². The van der Waals surface area contributed by atoms with Crippen molar-refractivity contribution in [3.05, 3.63) is 103 Å². The van der Waals surface area contributed by atoms with Crippen molar-refractivity contribution in [2.75, 3.05) is 0 Å². The third-order valence-electron chi connectivity index (χ3n) is 4.72. The summed E-state index contributed by atoms with van der Waals surface area (Å²) in [5.74, 6) is 0. The predicted molar refractivity (Wildman–Crippen MR) is 116 cm³/mol. The van der Waals surface area contributed by atoms with Gasteiger partial charge >= 0.3 is 0 Å². The van der Waals surface area contributed by atoms with E-state index in [9.17, 15) is 0 Å². The lowest BCUT2D eigenvalue weighted by atomic mass is 9.99. The molecule has 2 heterocycles. The van der Waals surface area contributed by atoms with Gasteiger partial charge < -0.3 is 0 Å². The van der Waals surface area contributed by atoms with Crippen molar-refractivity contribution in [2.45, 2.75) is 0 Å². The number of hydrogen-bond donors (Lipinski definition) is 0. The van der Waals surface area contributed by atoms with Gasteiger partial charge in [-0.1, -0.05) is 91.0 Å². The lowest BCUT2D eigenvalue weighted by Gasteiger charge is -2.06. The second kappa shape index (κ2) is 6.82. The summed E-state index contributed by atoms with van der Waals surface area (Å²) in [5.41, 5.74) is 5.91. The Bertz CT molecular complexity index is 1190. The molecule has 5 rings (SSSR count). The van der Waals surface area contributed by atoms with Crippen molar-refractivity contribution in [1.82, 2.24) is 4.98 Å². The average Bonchev–Trinajstić information content (AvgIpc) is 3.14. The first-order valence-electron chi connectivity index (χ1n) is 9.00. The van der Waals surface area contributed by atoms with E-state index in [1.807, 2.05) is 6.07 Å². The van der Waals surface area contributed by atoms with Crippen LogP contribution in [0.1, 0.15) is 0 Å². The van der Waals surface area contributed by atoms with E-state index < -0.39 is 0 Å². The van der Waals surface area contributed by atoms with Crippen LogP contribution in [0.25, 0.3) is 43.0 Å². The van der Waals surface area contributed by atoms with E-state index in [4.69, 9.17) is 4.98 Å². The van der Waals surface area contributed by atoms with Gasteiger partial charge in [0.05, 0.1) is 5.69 Å². The van der Waals surface area contributed by atoms with E-state index in [1.165, 1.54) is 27.0 Å². The Labute approximate surface area is 162 Å². The average molecular weight is 363 g/mol.